The fourth-order valence-corrected chi connectivity index (χ4v) is 1.38. The van der Waals surface area contributed by atoms with Crippen LogP contribution in [0, 0.1) is 0 Å². The highest BCUT2D eigenvalue weighted by Crippen LogP contribution is 2.19. The zero-order valence-electron chi connectivity index (χ0n) is 8.13. The van der Waals surface area contributed by atoms with Crippen molar-refractivity contribution in [1.82, 2.24) is 10.3 Å². The third-order valence-electron chi connectivity index (χ3n) is 1.79. The van der Waals surface area contributed by atoms with Gasteiger partial charge in [0.15, 0.2) is 6.10 Å². The molecule has 3 nitrogen and oxygen atoms in total. The predicted molar refractivity (Wildman–Crippen MR) is 55.7 cm³/mol. The number of aliphatic hydroxyl groups excluding tert-OH is 1. The maximum absolute atomic E-state index is 11.9. The fourth-order valence-electron chi connectivity index (χ4n) is 1.00. The van der Waals surface area contributed by atoms with Crippen molar-refractivity contribution in [1.29, 1.82) is 0 Å². The van der Waals surface area contributed by atoms with Gasteiger partial charge in [0.2, 0.25) is 0 Å². The van der Waals surface area contributed by atoms with Gasteiger partial charge in [0, 0.05) is 13.1 Å². The number of rotatable bonds is 4. The summed E-state index contributed by atoms with van der Waals surface area (Å²) < 4.78 is 36.4. The second-order valence-corrected chi connectivity index (χ2v) is 3.95. The molecule has 0 fully saturated rings. The van der Waals surface area contributed by atoms with Gasteiger partial charge >= 0.3 is 6.18 Å². The summed E-state index contributed by atoms with van der Waals surface area (Å²) in [5, 5.41) is 11.2. The van der Waals surface area contributed by atoms with Gasteiger partial charge in [-0.15, -0.1) is 0 Å². The van der Waals surface area contributed by atoms with E-state index >= 15 is 0 Å². The third-order valence-corrected chi connectivity index (χ3v) is 2.24. The lowest BCUT2D eigenvalue weighted by atomic mass is 10.3. The highest BCUT2D eigenvalue weighted by atomic mass is 79.9. The molecular weight excluding hydrogens is 289 g/mol. The topological polar surface area (TPSA) is 45.1 Å². The lowest BCUT2D eigenvalue weighted by Gasteiger charge is -2.14. The van der Waals surface area contributed by atoms with Crippen LogP contribution in [-0.2, 0) is 6.54 Å². The first-order valence-electron chi connectivity index (χ1n) is 4.46. The third kappa shape index (κ3) is 4.46. The van der Waals surface area contributed by atoms with Gasteiger partial charge in [-0.05, 0) is 28.1 Å². The Bertz CT molecular complexity index is 346. The second-order valence-electron chi connectivity index (χ2n) is 3.14. The highest BCUT2D eigenvalue weighted by molar-refractivity contribution is 9.10. The number of pyridine rings is 1. The zero-order valence-corrected chi connectivity index (χ0v) is 9.72. The average molecular weight is 299 g/mol. The van der Waals surface area contributed by atoms with E-state index in [9.17, 15) is 13.2 Å². The predicted octanol–water partition coefficient (Wildman–Crippen LogP) is 1.86. The lowest BCUT2D eigenvalue weighted by molar-refractivity contribution is -0.201. The van der Waals surface area contributed by atoms with E-state index in [1.54, 1.807) is 18.2 Å². The molecule has 0 aromatic carbocycles. The zero-order chi connectivity index (χ0) is 12.2. The molecule has 16 heavy (non-hydrogen) atoms. The summed E-state index contributed by atoms with van der Waals surface area (Å²) >= 11 is 3.15. The number of aliphatic hydroxyl groups is 1. The molecular formula is C9H10BrF3N2O. The Morgan fingerprint density at radius 2 is 2.12 bits per heavy atom. The monoisotopic (exact) mass is 298 g/mol. The number of alkyl halides is 3. The highest BCUT2D eigenvalue weighted by Gasteiger charge is 2.37. The molecule has 0 aliphatic rings. The molecule has 1 rings (SSSR count). The SMILES string of the molecule is OC(CNCc1cccc(Br)n1)C(F)(F)F. The molecule has 0 aliphatic heterocycles. The minimum Gasteiger partial charge on any atom is -0.382 e. The van der Waals surface area contributed by atoms with E-state index in [4.69, 9.17) is 5.11 Å². The Balaban J connectivity index is 2.36. The molecule has 1 heterocycles. The summed E-state index contributed by atoms with van der Waals surface area (Å²) in [5.41, 5.74) is 0.601. The van der Waals surface area contributed by atoms with Crippen LogP contribution in [-0.4, -0.2) is 28.9 Å². The Hall–Kier alpha value is -0.660. The van der Waals surface area contributed by atoms with Crippen molar-refractivity contribution in [2.45, 2.75) is 18.8 Å². The summed E-state index contributed by atoms with van der Waals surface area (Å²) in [5.74, 6) is 0. The standard InChI is InChI=1S/C9H10BrF3N2O/c10-8-3-1-2-6(15-8)4-14-5-7(16)9(11,12)13/h1-3,7,14,16H,4-5H2. The summed E-state index contributed by atoms with van der Waals surface area (Å²) in [6.07, 6.45) is -6.93. The second kappa shape index (κ2) is 5.60. The van der Waals surface area contributed by atoms with E-state index in [0.717, 1.165) is 0 Å². The molecule has 0 spiro atoms. The first-order valence-corrected chi connectivity index (χ1v) is 5.26. The first-order chi connectivity index (χ1) is 7.39. The normalized spacial score (nSPS) is 13.8. The Kier molecular flexibility index (Phi) is 4.69. The molecule has 7 heteroatoms. The quantitative estimate of drug-likeness (QED) is 0.834. The van der Waals surface area contributed by atoms with E-state index in [1.165, 1.54) is 0 Å². The van der Waals surface area contributed by atoms with Crippen LogP contribution in [0.1, 0.15) is 5.69 Å². The smallest absolute Gasteiger partial charge is 0.382 e. The molecule has 2 N–H and O–H groups in total. The van der Waals surface area contributed by atoms with Crippen molar-refractivity contribution < 1.29 is 18.3 Å². The number of nitrogens with zero attached hydrogens (tertiary/aromatic N) is 1. The van der Waals surface area contributed by atoms with Crippen molar-refractivity contribution in [3.8, 4) is 0 Å². The van der Waals surface area contributed by atoms with E-state index in [1.807, 2.05) is 0 Å². The first kappa shape index (κ1) is 13.4. The minimum absolute atomic E-state index is 0.173. The largest absolute Gasteiger partial charge is 0.415 e. The summed E-state index contributed by atoms with van der Waals surface area (Å²) in [4.78, 5) is 4.02. The molecule has 0 saturated carbocycles. The number of hydrogen-bond donors (Lipinski definition) is 2. The van der Waals surface area contributed by atoms with Crippen molar-refractivity contribution in [3.05, 3.63) is 28.5 Å². The molecule has 0 bridgehead atoms. The van der Waals surface area contributed by atoms with Crippen LogP contribution in [0.25, 0.3) is 0 Å². The van der Waals surface area contributed by atoms with Crippen molar-refractivity contribution in [2.24, 2.45) is 0 Å². The van der Waals surface area contributed by atoms with Crippen LogP contribution < -0.4 is 5.32 Å². The molecule has 0 amide bonds. The fraction of sp³-hybridized carbons (Fsp3) is 0.444. The molecule has 0 saturated heterocycles. The maximum atomic E-state index is 11.9. The molecule has 1 aromatic heterocycles. The van der Waals surface area contributed by atoms with Gasteiger partial charge in [0.05, 0.1) is 5.69 Å². The van der Waals surface area contributed by atoms with Gasteiger partial charge in [0.1, 0.15) is 4.60 Å². The Morgan fingerprint density at radius 3 is 2.69 bits per heavy atom. The van der Waals surface area contributed by atoms with Crippen LogP contribution in [0.15, 0.2) is 22.8 Å². The lowest BCUT2D eigenvalue weighted by Crippen LogP contribution is -2.38. The molecule has 0 radical (unpaired) electrons. The van der Waals surface area contributed by atoms with Gasteiger partial charge in [-0.25, -0.2) is 4.98 Å². The van der Waals surface area contributed by atoms with Gasteiger partial charge in [-0.1, -0.05) is 6.07 Å². The summed E-state index contributed by atoms with van der Waals surface area (Å²) in [6.45, 7) is -0.371. The summed E-state index contributed by atoms with van der Waals surface area (Å²) in [6, 6.07) is 5.13. The number of nitrogens with one attached hydrogen (secondary N) is 1. The molecule has 1 atom stereocenters. The molecule has 1 unspecified atom stereocenters. The number of hydrogen-bond acceptors (Lipinski definition) is 3. The summed E-state index contributed by atoms with van der Waals surface area (Å²) in [7, 11) is 0. The van der Waals surface area contributed by atoms with E-state index in [0.29, 0.717) is 10.3 Å². The van der Waals surface area contributed by atoms with E-state index < -0.39 is 18.8 Å². The van der Waals surface area contributed by atoms with Crippen LogP contribution in [0.4, 0.5) is 13.2 Å². The van der Waals surface area contributed by atoms with Crippen LogP contribution in [0.2, 0.25) is 0 Å². The Labute approximate surface area is 98.8 Å². The number of aromatic nitrogens is 1. The van der Waals surface area contributed by atoms with Gasteiger partial charge < -0.3 is 10.4 Å². The maximum Gasteiger partial charge on any atom is 0.415 e. The average Bonchev–Trinajstić information content (AvgIpc) is 2.16. The van der Waals surface area contributed by atoms with Crippen molar-refractivity contribution >= 4 is 15.9 Å². The molecule has 0 aliphatic carbocycles. The van der Waals surface area contributed by atoms with Crippen LogP contribution >= 0.6 is 15.9 Å². The molecule has 90 valence electrons. The molecule has 1 aromatic rings. The van der Waals surface area contributed by atoms with Crippen LogP contribution in [0.5, 0.6) is 0 Å². The number of halogens is 4. The van der Waals surface area contributed by atoms with E-state index in [-0.39, 0.29) is 6.54 Å². The van der Waals surface area contributed by atoms with Crippen molar-refractivity contribution in [3.63, 3.8) is 0 Å². The van der Waals surface area contributed by atoms with Gasteiger partial charge in [0.25, 0.3) is 0 Å². The van der Waals surface area contributed by atoms with Crippen molar-refractivity contribution in [2.75, 3.05) is 6.54 Å². The van der Waals surface area contributed by atoms with Gasteiger partial charge in [-0.2, -0.15) is 13.2 Å². The van der Waals surface area contributed by atoms with Crippen LogP contribution in [0.3, 0.4) is 0 Å². The minimum atomic E-state index is -4.59. The van der Waals surface area contributed by atoms with E-state index in [2.05, 4.69) is 26.2 Å². The van der Waals surface area contributed by atoms with Gasteiger partial charge in [-0.3, -0.25) is 0 Å². The Morgan fingerprint density at radius 1 is 1.44 bits per heavy atom.